The van der Waals surface area contributed by atoms with Gasteiger partial charge in [0.05, 0.1) is 17.2 Å². The van der Waals surface area contributed by atoms with Crippen LogP contribution in [0.25, 0.3) is 5.65 Å². The molecule has 0 radical (unpaired) electrons. The predicted octanol–water partition coefficient (Wildman–Crippen LogP) is 1.57. The minimum atomic E-state index is -0.450. The van der Waals surface area contributed by atoms with Crippen LogP contribution < -0.4 is 5.32 Å². The number of halogens is 1. The molecule has 0 fully saturated rings. The fourth-order valence-corrected chi connectivity index (χ4v) is 1.41. The molecule has 0 atom stereocenters. The van der Waals surface area contributed by atoms with Crippen LogP contribution in [-0.4, -0.2) is 31.9 Å². The molecule has 5 nitrogen and oxygen atoms in total. The highest BCUT2D eigenvalue weighted by Crippen LogP contribution is 2.14. The van der Waals surface area contributed by atoms with E-state index in [9.17, 15) is 0 Å². The van der Waals surface area contributed by atoms with Gasteiger partial charge in [0.2, 0.25) is 5.95 Å². The highest BCUT2D eigenvalue weighted by molar-refractivity contribution is 6.30. The lowest BCUT2D eigenvalue weighted by Gasteiger charge is -2.21. The maximum Gasteiger partial charge on any atom is 0.243 e. The van der Waals surface area contributed by atoms with E-state index in [-0.39, 0.29) is 6.61 Å². The Morgan fingerprint density at radius 2 is 2.25 bits per heavy atom. The molecule has 16 heavy (non-hydrogen) atoms. The van der Waals surface area contributed by atoms with E-state index in [0.29, 0.717) is 16.6 Å². The summed E-state index contributed by atoms with van der Waals surface area (Å²) in [6.45, 7) is 3.74. The molecule has 0 unspecified atom stereocenters. The van der Waals surface area contributed by atoms with Crippen molar-refractivity contribution in [1.82, 2.24) is 14.6 Å². The number of nitrogens with one attached hydrogen (secondary N) is 1. The zero-order valence-corrected chi connectivity index (χ0v) is 9.86. The summed E-state index contributed by atoms with van der Waals surface area (Å²) in [4.78, 5) is 4.26. The molecule has 2 N–H and O–H groups in total. The molecular weight excluding hydrogens is 228 g/mol. The van der Waals surface area contributed by atoms with E-state index < -0.39 is 5.54 Å². The van der Waals surface area contributed by atoms with Gasteiger partial charge in [0.15, 0.2) is 5.65 Å². The molecule has 2 heterocycles. The van der Waals surface area contributed by atoms with Gasteiger partial charge in [-0.15, -0.1) is 5.10 Å². The number of hydrogen-bond donors (Lipinski definition) is 2. The smallest absolute Gasteiger partial charge is 0.243 e. The Hall–Kier alpha value is -1.33. The van der Waals surface area contributed by atoms with Gasteiger partial charge in [-0.3, -0.25) is 0 Å². The summed E-state index contributed by atoms with van der Waals surface area (Å²) >= 11 is 5.84. The quantitative estimate of drug-likeness (QED) is 0.855. The van der Waals surface area contributed by atoms with Crippen LogP contribution in [0.15, 0.2) is 18.3 Å². The molecule has 0 aliphatic carbocycles. The molecule has 0 bridgehead atoms. The molecule has 0 aliphatic heterocycles. The third-order valence-electron chi connectivity index (χ3n) is 2.14. The molecule has 0 saturated carbocycles. The topological polar surface area (TPSA) is 62.5 Å². The van der Waals surface area contributed by atoms with Crippen LogP contribution in [0.3, 0.4) is 0 Å². The van der Waals surface area contributed by atoms with Crippen molar-refractivity contribution < 1.29 is 5.11 Å². The lowest BCUT2D eigenvalue weighted by atomic mass is 10.1. The second-order valence-electron chi connectivity index (χ2n) is 4.25. The van der Waals surface area contributed by atoms with Gasteiger partial charge in [-0.2, -0.15) is 4.98 Å². The molecular formula is C10H13ClN4O. The van der Waals surface area contributed by atoms with Gasteiger partial charge < -0.3 is 10.4 Å². The Labute approximate surface area is 98.1 Å². The molecule has 2 aromatic rings. The summed E-state index contributed by atoms with van der Waals surface area (Å²) in [5.74, 6) is 0.473. The first-order valence-electron chi connectivity index (χ1n) is 4.91. The normalized spacial score (nSPS) is 12.0. The lowest BCUT2D eigenvalue weighted by molar-refractivity contribution is 0.233. The van der Waals surface area contributed by atoms with Crippen molar-refractivity contribution in [3.63, 3.8) is 0 Å². The number of anilines is 1. The fraction of sp³-hybridized carbons (Fsp3) is 0.400. The van der Waals surface area contributed by atoms with Gasteiger partial charge in [0.1, 0.15) is 0 Å². The number of aliphatic hydroxyl groups excluding tert-OH is 1. The van der Waals surface area contributed by atoms with Crippen molar-refractivity contribution >= 4 is 23.2 Å². The van der Waals surface area contributed by atoms with Crippen LogP contribution in [0.5, 0.6) is 0 Å². The average molecular weight is 241 g/mol. The molecule has 86 valence electrons. The van der Waals surface area contributed by atoms with Crippen molar-refractivity contribution in [2.75, 3.05) is 11.9 Å². The second kappa shape index (κ2) is 3.92. The van der Waals surface area contributed by atoms with Crippen LogP contribution in [0, 0.1) is 0 Å². The number of aromatic nitrogens is 3. The zero-order chi connectivity index (χ0) is 11.8. The number of pyridine rings is 1. The molecule has 0 saturated heterocycles. The Morgan fingerprint density at radius 1 is 1.50 bits per heavy atom. The SMILES string of the molecule is CC(C)(CO)Nc1nc2ccc(Cl)cn2n1. The first-order valence-corrected chi connectivity index (χ1v) is 5.29. The summed E-state index contributed by atoms with van der Waals surface area (Å²) in [7, 11) is 0. The third kappa shape index (κ3) is 2.25. The van der Waals surface area contributed by atoms with Crippen molar-refractivity contribution in [3.05, 3.63) is 23.4 Å². The Morgan fingerprint density at radius 3 is 2.94 bits per heavy atom. The Kier molecular flexibility index (Phi) is 2.73. The number of nitrogens with zero attached hydrogens (tertiary/aromatic N) is 3. The highest BCUT2D eigenvalue weighted by atomic mass is 35.5. The highest BCUT2D eigenvalue weighted by Gasteiger charge is 2.18. The number of aliphatic hydroxyl groups is 1. The first kappa shape index (κ1) is 11.2. The molecule has 0 amide bonds. The van der Waals surface area contributed by atoms with Gasteiger partial charge in [0, 0.05) is 6.20 Å². The van der Waals surface area contributed by atoms with Crippen LogP contribution in [0.4, 0.5) is 5.95 Å². The summed E-state index contributed by atoms with van der Waals surface area (Å²) < 4.78 is 1.60. The average Bonchev–Trinajstić information content (AvgIpc) is 2.58. The monoisotopic (exact) mass is 240 g/mol. The van der Waals surface area contributed by atoms with Crippen molar-refractivity contribution in [3.8, 4) is 0 Å². The van der Waals surface area contributed by atoms with Gasteiger partial charge in [-0.05, 0) is 26.0 Å². The summed E-state index contributed by atoms with van der Waals surface area (Å²) in [5, 5.41) is 17.0. The first-order chi connectivity index (χ1) is 7.50. The molecule has 6 heteroatoms. The third-order valence-corrected chi connectivity index (χ3v) is 2.36. The van der Waals surface area contributed by atoms with E-state index in [4.69, 9.17) is 16.7 Å². The summed E-state index contributed by atoms with van der Waals surface area (Å²) in [6.07, 6.45) is 1.68. The van der Waals surface area contributed by atoms with Crippen molar-refractivity contribution in [1.29, 1.82) is 0 Å². The van der Waals surface area contributed by atoms with Gasteiger partial charge in [-0.1, -0.05) is 11.6 Å². The van der Waals surface area contributed by atoms with Crippen LogP contribution in [0.2, 0.25) is 5.02 Å². The number of fused-ring (bicyclic) bond motifs is 1. The van der Waals surface area contributed by atoms with Gasteiger partial charge in [-0.25, -0.2) is 4.52 Å². The van der Waals surface area contributed by atoms with Crippen molar-refractivity contribution in [2.24, 2.45) is 0 Å². The van der Waals surface area contributed by atoms with E-state index in [1.54, 1.807) is 22.8 Å². The van der Waals surface area contributed by atoms with Crippen LogP contribution in [-0.2, 0) is 0 Å². The predicted molar refractivity (Wildman–Crippen MR) is 62.8 cm³/mol. The van der Waals surface area contributed by atoms with Crippen molar-refractivity contribution in [2.45, 2.75) is 19.4 Å². The molecule has 0 spiro atoms. The van der Waals surface area contributed by atoms with Gasteiger partial charge >= 0.3 is 0 Å². The molecule has 2 rings (SSSR count). The molecule has 2 aromatic heterocycles. The zero-order valence-electron chi connectivity index (χ0n) is 9.11. The standard InChI is InChI=1S/C10H13ClN4O/c1-10(2,6-16)13-9-12-8-4-3-7(11)5-15(8)14-9/h3-5,16H,6H2,1-2H3,(H,13,14). The maximum atomic E-state index is 9.13. The number of hydrogen-bond acceptors (Lipinski definition) is 4. The minimum absolute atomic E-state index is 0.00328. The van der Waals surface area contributed by atoms with Gasteiger partial charge in [0.25, 0.3) is 0 Å². The minimum Gasteiger partial charge on any atom is -0.394 e. The van der Waals surface area contributed by atoms with E-state index in [1.807, 2.05) is 13.8 Å². The fourth-order valence-electron chi connectivity index (χ4n) is 1.25. The molecule has 0 aromatic carbocycles. The largest absolute Gasteiger partial charge is 0.394 e. The molecule has 0 aliphatic rings. The number of rotatable bonds is 3. The Bertz CT molecular complexity index is 508. The van der Waals surface area contributed by atoms with Crippen LogP contribution in [0.1, 0.15) is 13.8 Å². The lowest BCUT2D eigenvalue weighted by Crippen LogP contribution is -2.35. The van der Waals surface area contributed by atoms with E-state index in [2.05, 4.69) is 15.4 Å². The summed E-state index contributed by atoms with van der Waals surface area (Å²) in [6, 6.07) is 3.54. The second-order valence-corrected chi connectivity index (χ2v) is 4.69. The van der Waals surface area contributed by atoms with E-state index in [0.717, 1.165) is 0 Å². The maximum absolute atomic E-state index is 9.13. The van der Waals surface area contributed by atoms with E-state index in [1.165, 1.54) is 0 Å². The van der Waals surface area contributed by atoms with E-state index >= 15 is 0 Å². The summed E-state index contributed by atoms with van der Waals surface area (Å²) in [5.41, 5.74) is 0.259. The van der Waals surface area contributed by atoms with Crippen LogP contribution >= 0.6 is 11.6 Å². The Balaban J connectivity index is 2.33.